The minimum Gasteiger partial charge on any atom is -0.506 e. The number of carboxylic acids is 1. The van der Waals surface area contributed by atoms with Crippen LogP contribution in [0.2, 0.25) is 20.1 Å². The number of benzene rings is 3. The first-order chi connectivity index (χ1) is 16.3. The van der Waals surface area contributed by atoms with Crippen LogP contribution in [0.25, 0.3) is 33.4 Å². The molecule has 0 radical (unpaired) electrons. The van der Waals surface area contributed by atoms with Crippen LogP contribution in [0, 0.1) is 10.7 Å². The molecule has 4 rings (SSSR count). The van der Waals surface area contributed by atoms with Crippen molar-refractivity contribution >= 4 is 131 Å². The highest BCUT2D eigenvalue weighted by Gasteiger charge is 2.32. The molecule has 5 nitrogen and oxygen atoms in total. The Balaban J connectivity index is 2.43. The average molecular weight is 890 g/mol. The lowest BCUT2D eigenvalue weighted by Gasteiger charge is -2.22. The van der Waals surface area contributed by atoms with Crippen LogP contribution < -0.4 is 5.43 Å². The Bertz CT molecular complexity index is 1610. The van der Waals surface area contributed by atoms with E-state index < -0.39 is 5.97 Å². The molecule has 0 aromatic heterocycles. The van der Waals surface area contributed by atoms with Crippen LogP contribution >= 0.6 is 114 Å². The average Bonchev–Trinajstić information content (AvgIpc) is 2.79. The Labute approximate surface area is 259 Å². The number of halogens is 7. The van der Waals surface area contributed by atoms with Crippen molar-refractivity contribution < 1.29 is 19.4 Å². The van der Waals surface area contributed by atoms with Gasteiger partial charge in [-0.25, -0.2) is 4.79 Å². The molecule has 182 valence electrons. The molecule has 0 saturated heterocycles. The molecule has 0 spiro atoms. The summed E-state index contributed by atoms with van der Waals surface area (Å²) < 4.78 is 7.36. The Morgan fingerprint density at radius 1 is 0.943 bits per heavy atom. The molecule has 2 aromatic carbocycles. The Kier molecular flexibility index (Phi) is 8.05. The van der Waals surface area contributed by atoms with Crippen LogP contribution in [0.15, 0.2) is 21.3 Å². The van der Waals surface area contributed by atoms with E-state index in [1.54, 1.807) is 12.1 Å². The molecule has 0 atom stereocenters. The van der Waals surface area contributed by atoms with Gasteiger partial charge in [0.2, 0.25) is 0 Å². The fourth-order valence-electron chi connectivity index (χ4n) is 3.81. The number of aromatic carboxylic acids is 1. The monoisotopic (exact) mass is 888 g/mol. The van der Waals surface area contributed by atoms with Gasteiger partial charge in [0.15, 0.2) is 16.8 Å². The predicted molar refractivity (Wildman–Crippen MR) is 165 cm³/mol. The van der Waals surface area contributed by atoms with E-state index in [0.29, 0.717) is 32.8 Å². The number of hydrogen-bond donors (Lipinski definition) is 2. The van der Waals surface area contributed by atoms with Crippen molar-refractivity contribution in [2.45, 2.75) is 19.8 Å². The van der Waals surface area contributed by atoms with Crippen molar-refractivity contribution in [3.8, 4) is 28.2 Å². The minimum atomic E-state index is -1.37. The van der Waals surface area contributed by atoms with E-state index in [0.717, 1.165) is 0 Å². The lowest BCUT2D eigenvalue weighted by molar-refractivity contribution is 0.0698. The third-order valence-electron chi connectivity index (χ3n) is 5.45. The molecule has 2 aromatic rings. The molecule has 1 aliphatic carbocycles. The fourth-order valence-corrected chi connectivity index (χ4v) is 7.34. The maximum absolute atomic E-state index is 13.1. The van der Waals surface area contributed by atoms with E-state index in [1.165, 1.54) is 0 Å². The van der Waals surface area contributed by atoms with Crippen LogP contribution in [-0.2, 0) is 0 Å². The molecule has 0 fully saturated rings. The number of phenolic OH excluding ortho intramolecular Hbond substituents is 1. The summed E-state index contributed by atoms with van der Waals surface area (Å²) in [7, 11) is 0. The zero-order valence-corrected chi connectivity index (χ0v) is 27.0. The SMILES string of the molecule is CC(C)c1cc2c(-c3c(Cl)c(Cl)c(Cl)c(Cl)c3C(=O)O)c3cc(I)c(O)c(I)c3oc-2c(I)c1=O. The van der Waals surface area contributed by atoms with Crippen molar-refractivity contribution in [3.63, 3.8) is 0 Å². The van der Waals surface area contributed by atoms with Crippen molar-refractivity contribution in [2.75, 3.05) is 0 Å². The maximum atomic E-state index is 13.1. The maximum Gasteiger partial charge on any atom is 0.337 e. The highest BCUT2D eigenvalue weighted by atomic mass is 127. The lowest BCUT2D eigenvalue weighted by atomic mass is 9.88. The zero-order chi connectivity index (χ0) is 26.1. The summed E-state index contributed by atoms with van der Waals surface area (Å²) in [5.41, 5.74) is 1.04. The van der Waals surface area contributed by atoms with E-state index in [1.807, 2.05) is 81.6 Å². The van der Waals surface area contributed by atoms with Gasteiger partial charge in [-0.3, -0.25) is 4.79 Å². The number of aromatic hydroxyl groups is 1. The van der Waals surface area contributed by atoms with Gasteiger partial charge < -0.3 is 14.6 Å². The summed E-state index contributed by atoms with van der Waals surface area (Å²) in [4.78, 5) is 25.5. The molecule has 2 N–H and O–H groups in total. The van der Waals surface area contributed by atoms with Gasteiger partial charge in [0.25, 0.3) is 0 Å². The molecule has 0 unspecified atom stereocenters. The lowest BCUT2D eigenvalue weighted by Crippen LogP contribution is -2.16. The highest BCUT2D eigenvalue weighted by Crippen LogP contribution is 2.52. The zero-order valence-electron chi connectivity index (χ0n) is 17.5. The molecule has 1 aliphatic heterocycles. The number of hydrogen-bond acceptors (Lipinski definition) is 4. The van der Waals surface area contributed by atoms with Crippen LogP contribution in [0.3, 0.4) is 0 Å². The van der Waals surface area contributed by atoms with Crippen molar-refractivity contribution in [1.82, 2.24) is 0 Å². The van der Waals surface area contributed by atoms with Crippen molar-refractivity contribution in [2.24, 2.45) is 0 Å². The van der Waals surface area contributed by atoms with Gasteiger partial charge in [-0.2, -0.15) is 0 Å². The minimum absolute atomic E-state index is 0.0133. The second-order valence-electron chi connectivity index (χ2n) is 7.83. The van der Waals surface area contributed by atoms with E-state index in [-0.39, 0.29) is 59.7 Å². The molecular weight excluding hydrogens is 879 g/mol. The summed E-state index contributed by atoms with van der Waals surface area (Å²) in [5, 5.41) is 20.5. The summed E-state index contributed by atoms with van der Waals surface area (Å²) in [6.45, 7) is 3.76. The van der Waals surface area contributed by atoms with Gasteiger partial charge in [-0.15, -0.1) is 0 Å². The first-order valence-electron chi connectivity index (χ1n) is 9.68. The summed E-state index contributed by atoms with van der Waals surface area (Å²) in [5.74, 6) is -1.29. The molecule has 0 amide bonds. The van der Waals surface area contributed by atoms with Crippen LogP contribution in [0.1, 0.15) is 35.7 Å². The summed E-state index contributed by atoms with van der Waals surface area (Å²) in [6.07, 6.45) is 0. The van der Waals surface area contributed by atoms with E-state index in [2.05, 4.69) is 0 Å². The first-order valence-corrected chi connectivity index (χ1v) is 14.4. The smallest absolute Gasteiger partial charge is 0.337 e. The quantitative estimate of drug-likeness (QED) is 0.0927. The molecule has 0 saturated carbocycles. The van der Waals surface area contributed by atoms with Gasteiger partial charge in [-0.05, 0) is 85.8 Å². The number of fused-ring (bicyclic) bond motifs is 2. The van der Waals surface area contributed by atoms with Gasteiger partial charge >= 0.3 is 5.97 Å². The standard InChI is InChI=1S/C23H11Cl4I3O5/c1-5(2)6-3-7-10(11-12(23(33)34)14(25)16(27)15(26)13(11)24)8-4-9(28)20(32)18(30)22(8)35-21(7)17(29)19(6)31/h3-5,32H,1-2H3,(H,33,34). The van der Waals surface area contributed by atoms with Gasteiger partial charge in [0.1, 0.15) is 9.32 Å². The Morgan fingerprint density at radius 3 is 2.11 bits per heavy atom. The highest BCUT2D eigenvalue weighted by molar-refractivity contribution is 14.1. The van der Waals surface area contributed by atoms with Gasteiger partial charge in [0, 0.05) is 27.6 Å². The van der Waals surface area contributed by atoms with Crippen LogP contribution in [0.4, 0.5) is 0 Å². The van der Waals surface area contributed by atoms with E-state index in [4.69, 9.17) is 50.8 Å². The Hall–Kier alpha value is -0.250. The number of rotatable bonds is 3. The topological polar surface area (TPSA) is 87.7 Å². The number of phenols is 1. The summed E-state index contributed by atoms with van der Waals surface area (Å²) in [6, 6.07) is 3.32. The largest absolute Gasteiger partial charge is 0.506 e. The van der Waals surface area contributed by atoms with Gasteiger partial charge in [-0.1, -0.05) is 60.3 Å². The molecule has 35 heavy (non-hydrogen) atoms. The van der Waals surface area contributed by atoms with Crippen LogP contribution in [-0.4, -0.2) is 16.2 Å². The number of carbonyl (C=O) groups is 1. The molecule has 0 bridgehead atoms. The predicted octanol–water partition coefficient (Wildman–Crippen LogP) is 9.52. The van der Waals surface area contributed by atoms with Gasteiger partial charge in [0.05, 0.1) is 32.8 Å². The second-order valence-corrected chi connectivity index (χ2v) is 12.7. The Morgan fingerprint density at radius 2 is 1.54 bits per heavy atom. The molecule has 2 aliphatic rings. The molecule has 1 heterocycles. The molecular formula is C23H11Cl4I3O5. The van der Waals surface area contributed by atoms with E-state index >= 15 is 0 Å². The van der Waals surface area contributed by atoms with E-state index in [9.17, 15) is 19.8 Å². The molecule has 12 heteroatoms. The van der Waals surface area contributed by atoms with Crippen molar-refractivity contribution in [3.05, 3.63) is 64.3 Å². The fraction of sp³-hybridized carbons (Fsp3) is 0.130. The summed E-state index contributed by atoms with van der Waals surface area (Å²) >= 11 is 31.4. The van der Waals surface area contributed by atoms with Crippen molar-refractivity contribution in [1.29, 1.82) is 0 Å². The third kappa shape index (κ3) is 4.42. The normalized spacial score (nSPS) is 11.7. The third-order valence-corrected chi connectivity index (χ3v) is 10.1. The first kappa shape index (κ1) is 27.8. The number of carboxylic acid groups (broad SMARTS) is 1. The van der Waals surface area contributed by atoms with Crippen LogP contribution in [0.5, 0.6) is 5.75 Å². The second kappa shape index (κ2) is 10.1.